The third-order valence-electron chi connectivity index (χ3n) is 4.66. The van der Waals surface area contributed by atoms with E-state index in [9.17, 15) is 9.59 Å². The van der Waals surface area contributed by atoms with Crippen molar-refractivity contribution < 1.29 is 14.3 Å². The van der Waals surface area contributed by atoms with Crippen molar-refractivity contribution in [3.05, 3.63) is 29.8 Å². The van der Waals surface area contributed by atoms with Crippen LogP contribution in [0.5, 0.6) is 5.75 Å². The molecule has 1 aromatic carbocycles. The maximum Gasteiger partial charge on any atom is 0.255 e. The lowest BCUT2D eigenvalue weighted by molar-refractivity contribution is -0.123. The summed E-state index contributed by atoms with van der Waals surface area (Å²) in [6.07, 6.45) is 11.1. The number of hydrogen-bond donors (Lipinski definition) is 2. The topological polar surface area (TPSA) is 67.4 Å². The van der Waals surface area contributed by atoms with E-state index in [-0.39, 0.29) is 11.8 Å². The SMILES string of the molecule is CCCCCCCCCNC(=O)C(CCSC)NC(=O)c1ccccc1OC. The van der Waals surface area contributed by atoms with E-state index in [0.717, 1.165) is 18.6 Å². The lowest BCUT2D eigenvalue weighted by Gasteiger charge is -2.19. The molecule has 0 fully saturated rings. The van der Waals surface area contributed by atoms with Crippen molar-refractivity contribution in [2.24, 2.45) is 0 Å². The second-order valence-electron chi connectivity index (χ2n) is 6.92. The maximum atomic E-state index is 12.6. The molecule has 1 atom stereocenters. The van der Waals surface area contributed by atoms with Crippen molar-refractivity contribution in [3.8, 4) is 5.75 Å². The molecular weight excluding hydrogens is 372 g/mol. The van der Waals surface area contributed by atoms with Crippen molar-refractivity contribution in [3.63, 3.8) is 0 Å². The smallest absolute Gasteiger partial charge is 0.255 e. The second kappa shape index (κ2) is 15.3. The Kier molecular flexibility index (Phi) is 13.3. The molecule has 0 saturated carbocycles. The molecule has 0 heterocycles. The van der Waals surface area contributed by atoms with Crippen molar-refractivity contribution in [1.82, 2.24) is 10.6 Å². The van der Waals surface area contributed by atoms with E-state index in [0.29, 0.717) is 24.3 Å². The first-order chi connectivity index (χ1) is 13.6. The molecule has 0 aliphatic carbocycles. The first-order valence-corrected chi connectivity index (χ1v) is 11.7. The lowest BCUT2D eigenvalue weighted by Crippen LogP contribution is -2.47. The van der Waals surface area contributed by atoms with E-state index in [2.05, 4.69) is 17.6 Å². The molecule has 0 bridgehead atoms. The zero-order valence-electron chi connectivity index (χ0n) is 17.6. The quantitative estimate of drug-likeness (QED) is 0.422. The summed E-state index contributed by atoms with van der Waals surface area (Å²) < 4.78 is 5.25. The van der Waals surface area contributed by atoms with Crippen molar-refractivity contribution in [1.29, 1.82) is 0 Å². The van der Waals surface area contributed by atoms with Gasteiger partial charge in [0.1, 0.15) is 11.8 Å². The van der Waals surface area contributed by atoms with Crippen LogP contribution in [0, 0.1) is 0 Å². The monoisotopic (exact) mass is 408 g/mol. The largest absolute Gasteiger partial charge is 0.496 e. The Morgan fingerprint density at radius 3 is 2.43 bits per heavy atom. The molecule has 2 N–H and O–H groups in total. The number of unbranched alkanes of at least 4 members (excludes halogenated alkanes) is 6. The number of para-hydroxylation sites is 1. The molecule has 6 heteroatoms. The van der Waals surface area contributed by atoms with Crippen LogP contribution in [0.1, 0.15) is 68.6 Å². The third-order valence-corrected chi connectivity index (χ3v) is 5.31. The van der Waals surface area contributed by atoms with Crippen LogP contribution in [0.4, 0.5) is 0 Å². The number of ether oxygens (including phenoxy) is 1. The van der Waals surface area contributed by atoms with Gasteiger partial charge in [-0.05, 0) is 37.0 Å². The highest BCUT2D eigenvalue weighted by Gasteiger charge is 2.22. The van der Waals surface area contributed by atoms with Gasteiger partial charge in [0, 0.05) is 6.54 Å². The van der Waals surface area contributed by atoms with Crippen LogP contribution in [0.25, 0.3) is 0 Å². The molecule has 2 amide bonds. The average Bonchev–Trinajstić information content (AvgIpc) is 2.72. The molecule has 1 aromatic rings. The fourth-order valence-corrected chi connectivity index (χ4v) is 3.46. The molecular formula is C22H36N2O3S. The van der Waals surface area contributed by atoms with E-state index < -0.39 is 6.04 Å². The number of nitrogens with one attached hydrogen (secondary N) is 2. The highest BCUT2D eigenvalue weighted by molar-refractivity contribution is 7.98. The summed E-state index contributed by atoms with van der Waals surface area (Å²) in [5.74, 6) is 0.923. The van der Waals surface area contributed by atoms with E-state index in [4.69, 9.17) is 4.74 Å². The van der Waals surface area contributed by atoms with Gasteiger partial charge in [-0.25, -0.2) is 0 Å². The predicted molar refractivity (Wildman–Crippen MR) is 118 cm³/mol. The van der Waals surface area contributed by atoms with Gasteiger partial charge in [0.2, 0.25) is 5.91 Å². The van der Waals surface area contributed by atoms with Crippen molar-refractivity contribution in [2.75, 3.05) is 25.7 Å². The number of carbonyl (C=O) groups excluding carboxylic acids is 2. The Labute approximate surface area is 174 Å². The van der Waals surface area contributed by atoms with Crippen LogP contribution in [-0.4, -0.2) is 43.5 Å². The van der Waals surface area contributed by atoms with Crippen LogP contribution in [-0.2, 0) is 4.79 Å². The molecule has 0 spiro atoms. The maximum absolute atomic E-state index is 12.6. The molecule has 1 rings (SSSR count). The van der Waals surface area contributed by atoms with Crippen LogP contribution in [0.2, 0.25) is 0 Å². The van der Waals surface area contributed by atoms with Gasteiger partial charge in [-0.15, -0.1) is 0 Å². The fourth-order valence-electron chi connectivity index (χ4n) is 2.99. The first kappa shape index (κ1) is 24.3. The van der Waals surface area contributed by atoms with Gasteiger partial charge in [-0.2, -0.15) is 11.8 Å². The van der Waals surface area contributed by atoms with Gasteiger partial charge in [-0.1, -0.05) is 57.6 Å². The molecule has 28 heavy (non-hydrogen) atoms. The summed E-state index contributed by atoms with van der Waals surface area (Å²) in [7, 11) is 1.53. The minimum absolute atomic E-state index is 0.108. The second-order valence-corrected chi connectivity index (χ2v) is 7.91. The Bertz CT molecular complexity index is 581. The van der Waals surface area contributed by atoms with E-state index in [1.807, 2.05) is 12.3 Å². The van der Waals surface area contributed by atoms with Gasteiger partial charge >= 0.3 is 0 Å². The fraction of sp³-hybridized carbons (Fsp3) is 0.636. The standard InChI is InChI=1S/C22H36N2O3S/c1-4-5-6-7-8-9-12-16-23-22(26)19(15-17-28-3)24-21(25)18-13-10-11-14-20(18)27-2/h10-11,13-14,19H,4-9,12,15-17H2,1-3H3,(H,23,26)(H,24,25). The minimum atomic E-state index is -0.533. The van der Waals surface area contributed by atoms with Gasteiger partial charge in [-0.3, -0.25) is 9.59 Å². The summed E-state index contributed by atoms with van der Waals surface area (Å²) in [5.41, 5.74) is 0.444. The number of benzene rings is 1. The number of amides is 2. The van der Waals surface area contributed by atoms with Crippen molar-refractivity contribution >= 4 is 23.6 Å². The van der Waals surface area contributed by atoms with Crippen LogP contribution in [0.3, 0.4) is 0 Å². The molecule has 1 unspecified atom stereocenters. The summed E-state index contributed by atoms with van der Waals surface area (Å²) in [5, 5.41) is 5.86. The first-order valence-electron chi connectivity index (χ1n) is 10.3. The van der Waals surface area contributed by atoms with Crippen LogP contribution >= 0.6 is 11.8 Å². The summed E-state index contributed by atoms with van der Waals surface area (Å²) in [6, 6.07) is 6.52. The minimum Gasteiger partial charge on any atom is -0.496 e. The van der Waals surface area contributed by atoms with Crippen LogP contribution < -0.4 is 15.4 Å². The number of methoxy groups -OCH3 is 1. The average molecular weight is 409 g/mol. The molecule has 0 aliphatic rings. The molecule has 158 valence electrons. The molecule has 0 radical (unpaired) electrons. The Balaban J connectivity index is 2.48. The van der Waals surface area contributed by atoms with E-state index >= 15 is 0 Å². The van der Waals surface area contributed by atoms with Crippen molar-refractivity contribution in [2.45, 2.75) is 64.3 Å². The summed E-state index contributed by atoms with van der Waals surface area (Å²) >= 11 is 1.66. The van der Waals surface area contributed by atoms with Gasteiger partial charge in [0.05, 0.1) is 12.7 Å². The third kappa shape index (κ3) is 9.49. The predicted octanol–water partition coefficient (Wildman–Crippen LogP) is 4.41. The Morgan fingerprint density at radius 1 is 1.07 bits per heavy atom. The van der Waals surface area contributed by atoms with E-state index in [1.54, 1.807) is 30.0 Å². The molecule has 0 saturated heterocycles. The highest BCUT2D eigenvalue weighted by Crippen LogP contribution is 2.17. The number of carbonyl (C=O) groups is 2. The highest BCUT2D eigenvalue weighted by atomic mass is 32.2. The zero-order chi connectivity index (χ0) is 20.6. The molecule has 0 aliphatic heterocycles. The number of thioether (sulfide) groups is 1. The van der Waals surface area contributed by atoms with Gasteiger partial charge in [0.25, 0.3) is 5.91 Å². The van der Waals surface area contributed by atoms with Gasteiger partial charge in [0.15, 0.2) is 0 Å². The molecule has 5 nitrogen and oxygen atoms in total. The van der Waals surface area contributed by atoms with Gasteiger partial charge < -0.3 is 15.4 Å². The Hall–Kier alpha value is -1.69. The van der Waals surface area contributed by atoms with Crippen LogP contribution in [0.15, 0.2) is 24.3 Å². The zero-order valence-corrected chi connectivity index (χ0v) is 18.4. The Morgan fingerprint density at radius 2 is 1.75 bits per heavy atom. The lowest BCUT2D eigenvalue weighted by atomic mass is 10.1. The number of rotatable bonds is 15. The van der Waals surface area contributed by atoms with E-state index in [1.165, 1.54) is 39.2 Å². The normalized spacial score (nSPS) is 11.7. The summed E-state index contributed by atoms with van der Waals surface area (Å²) in [4.78, 5) is 25.2. The number of hydrogen-bond acceptors (Lipinski definition) is 4. The molecule has 0 aromatic heterocycles. The summed E-state index contributed by atoms with van der Waals surface area (Å²) in [6.45, 7) is 2.88.